The lowest BCUT2D eigenvalue weighted by Crippen LogP contribution is -2.24. The maximum absolute atomic E-state index is 11.9. The molecule has 1 saturated carbocycles. The third-order valence-electron chi connectivity index (χ3n) is 3.78. The molecule has 1 aliphatic carbocycles. The topological polar surface area (TPSA) is 17.1 Å². The minimum atomic E-state index is 0.391. The molecule has 1 aliphatic rings. The fraction of sp³-hybridized carbons (Fsp3) is 0.929. The SMILES string of the molecule is CC(C)CC(=O)C1CCC(C(C)C)CC1. The van der Waals surface area contributed by atoms with Gasteiger partial charge in [0, 0.05) is 12.3 Å². The molecular formula is C14H26O. The van der Waals surface area contributed by atoms with Crippen LogP contribution in [0.2, 0.25) is 0 Å². The average Bonchev–Trinajstić information content (AvgIpc) is 2.17. The number of hydrogen-bond donors (Lipinski definition) is 0. The van der Waals surface area contributed by atoms with E-state index < -0.39 is 0 Å². The summed E-state index contributed by atoms with van der Waals surface area (Å²) in [6.07, 6.45) is 5.62. The summed E-state index contributed by atoms with van der Waals surface area (Å²) in [4.78, 5) is 11.9. The van der Waals surface area contributed by atoms with Gasteiger partial charge in [0.2, 0.25) is 0 Å². The van der Waals surface area contributed by atoms with Gasteiger partial charge in [-0.3, -0.25) is 4.79 Å². The van der Waals surface area contributed by atoms with Crippen LogP contribution >= 0.6 is 0 Å². The van der Waals surface area contributed by atoms with E-state index in [0.29, 0.717) is 17.6 Å². The summed E-state index contributed by atoms with van der Waals surface area (Å²) in [6.45, 7) is 8.89. The maximum atomic E-state index is 11.9. The highest BCUT2D eigenvalue weighted by Gasteiger charge is 2.27. The van der Waals surface area contributed by atoms with Crippen molar-refractivity contribution >= 4 is 5.78 Å². The van der Waals surface area contributed by atoms with Gasteiger partial charge in [-0.25, -0.2) is 0 Å². The number of carbonyl (C=O) groups excluding carboxylic acids is 1. The van der Waals surface area contributed by atoms with E-state index in [1.165, 1.54) is 12.8 Å². The molecule has 0 bridgehead atoms. The first-order valence-electron chi connectivity index (χ1n) is 6.53. The molecule has 0 aromatic rings. The highest BCUT2D eigenvalue weighted by atomic mass is 16.1. The molecule has 0 N–H and O–H groups in total. The van der Waals surface area contributed by atoms with Crippen LogP contribution in [-0.4, -0.2) is 5.78 Å². The Kier molecular flexibility index (Phi) is 4.82. The maximum Gasteiger partial charge on any atom is 0.136 e. The van der Waals surface area contributed by atoms with Crippen molar-refractivity contribution in [3.05, 3.63) is 0 Å². The zero-order valence-corrected chi connectivity index (χ0v) is 10.8. The van der Waals surface area contributed by atoms with Crippen LogP contribution in [0, 0.1) is 23.7 Å². The van der Waals surface area contributed by atoms with Crippen LogP contribution in [0.5, 0.6) is 0 Å². The van der Waals surface area contributed by atoms with Crippen LogP contribution in [0.3, 0.4) is 0 Å². The molecule has 0 atom stereocenters. The van der Waals surface area contributed by atoms with Crippen molar-refractivity contribution < 1.29 is 4.79 Å². The molecule has 0 radical (unpaired) electrons. The van der Waals surface area contributed by atoms with Gasteiger partial charge in [-0.05, 0) is 43.4 Å². The van der Waals surface area contributed by atoms with Crippen molar-refractivity contribution in [2.45, 2.75) is 59.8 Å². The first-order chi connectivity index (χ1) is 7.00. The number of carbonyl (C=O) groups is 1. The molecule has 0 aromatic carbocycles. The molecule has 0 amide bonds. The van der Waals surface area contributed by atoms with E-state index in [-0.39, 0.29) is 0 Å². The monoisotopic (exact) mass is 210 g/mol. The Balaban J connectivity index is 2.34. The number of rotatable bonds is 4. The summed E-state index contributed by atoms with van der Waals surface area (Å²) >= 11 is 0. The first-order valence-corrected chi connectivity index (χ1v) is 6.53. The van der Waals surface area contributed by atoms with Gasteiger partial charge in [0.05, 0.1) is 0 Å². The van der Waals surface area contributed by atoms with Gasteiger partial charge in [-0.1, -0.05) is 27.7 Å². The summed E-state index contributed by atoms with van der Waals surface area (Å²) in [5.74, 6) is 3.11. The van der Waals surface area contributed by atoms with Crippen molar-refractivity contribution in [3.63, 3.8) is 0 Å². The van der Waals surface area contributed by atoms with E-state index in [1.54, 1.807) is 0 Å². The van der Waals surface area contributed by atoms with Gasteiger partial charge < -0.3 is 0 Å². The van der Waals surface area contributed by atoms with E-state index in [4.69, 9.17) is 0 Å². The highest BCUT2D eigenvalue weighted by Crippen LogP contribution is 2.34. The molecule has 0 saturated heterocycles. The van der Waals surface area contributed by atoms with E-state index in [2.05, 4.69) is 27.7 Å². The Morgan fingerprint density at radius 1 is 1.07 bits per heavy atom. The van der Waals surface area contributed by atoms with Crippen LogP contribution in [0.1, 0.15) is 59.8 Å². The second-order valence-electron chi connectivity index (χ2n) is 5.92. The molecule has 88 valence electrons. The Hall–Kier alpha value is -0.330. The number of hydrogen-bond acceptors (Lipinski definition) is 1. The summed E-state index contributed by atoms with van der Waals surface area (Å²) in [5.41, 5.74) is 0. The largest absolute Gasteiger partial charge is 0.299 e. The molecule has 0 aromatic heterocycles. The summed E-state index contributed by atoms with van der Waals surface area (Å²) < 4.78 is 0. The quantitative estimate of drug-likeness (QED) is 0.683. The smallest absolute Gasteiger partial charge is 0.136 e. The number of Topliss-reactive ketones (excluding diaryl/α,β-unsaturated/α-hetero) is 1. The van der Waals surface area contributed by atoms with E-state index in [0.717, 1.165) is 31.1 Å². The van der Waals surface area contributed by atoms with Gasteiger partial charge in [0.15, 0.2) is 0 Å². The Bertz CT molecular complexity index is 197. The molecule has 1 nitrogen and oxygen atoms in total. The zero-order chi connectivity index (χ0) is 11.4. The van der Waals surface area contributed by atoms with Crippen molar-refractivity contribution in [1.82, 2.24) is 0 Å². The van der Waals surface area contributed by atoms with E-state index >= 15 is 0 Å². The Morgan fingerprint density at radius 2 is 1.60 bits per heavy atom. The highest BCUT2D eigenvalue weighted by molar-refractivity contribution is 5.81. The second-order valence-corrected chi connectivity index (χ2v) is 5.92. The summed E-state index contributed by atoms with van der Waals surface area (Å²) in [5, 5.41) is 0. The summed E-state index contributed by atoms with van der Waals surface area (Å²) in [7, 11) is 0. The predicted molar refractivity (Wildman–Crippen MR) is 64.7 cm³/mol. The lowest BCUT2D eigenvalue weighted by atomic mass is 9.75. The van der Waals surface area contributed by atoms with Gasteiger partial charge in [0.1, 0.15) is 5.78 Å². The first kappa shape index (κ1) is 12.7. The van der Waals surface area contributed by atoms with Crippen molar-refractivity contribution in [2.75, 3.05) is 0 Å². The molecule has 0 spiro atoms. The van der Waals surface area contributed by atoms with Crippen LogP contribution in [0.25, 0.3) is 0 Å². The molecule has 15 heavy (non-hydrogen) atoms. The minimum absolute atomic E-state index is 0.391. The fourth-order valence-electron chi connectivity index (χ4n) is 2.68. The van der Waals surface area contributed by atoms with Crippen molar-refractivity contribution in [3.8, 4) is 0 Å². The Morgan fingerprint density at radius 3 is 2.00 bits per heavy atom. The van der Waals surface area contributed by atoms with Crippen LogP contribution in [-0.2, 0) is 4.79 Å². The minimum Gasteiger partial charge on any atom is -0.299 e. The standard InChI is InChI=1S/C14H26O/c1-10(2)9-14(15)13-7-5-12(6-8-13)11(3)4/h10-13H,5-9H2,1-4H3. The van der Waals surface area contributed by atoms with Gasteiger partial charge in [0.25, 0.3) is 0 Å². The van der Waals surface area contributed by atoms with Gasteiger partial charge in [-0.2, -0.15) is 0 Å². The van der Waals surface area contributed by atoms with E-state index in [9.17, 15) is 4.79 Å². The van der Waals surface area contributed by atoms with Gasteiger partial charge in [-0.15, -0.1) is 0 Å². The molecule has 0 unspecified atom stereocenters. The Labute approximate surface area is 94.6 Å². The molecule has 1 heteroatoms. The molecular weight excluding hydrogens is 184 g/mol. The van der Waals surface area contributed by atoms with Crippen LogP contribution in [0.15, 0.2) is 0 Å². The van der Waals surface area contributed by atoms with Crippen LogP contribution < -0.4 is 0 Å². The van der Waals surface area contributed by atoms with E-state index in [1.807, 2.05) is 0 Å². The molecule has 0 heterocycles. The van der Waals surface area contributed by atoms with Gasteiger partial charge >= 0.3 is 0 Å². The third-order valence-corrected chi connectivity index (χ3v) is 3.78. The lowest BCUT2D eigenvalue weighted by Gasteiger charge is -2.30. The normalized spacial score (nSPS) is 27.3. The number of ketones is 1. The van der Waals surface area contributed by atoms with Crippen molar-refractivity contribution in [2.24, 2.45) is 23.7 Å². The summed E-state index contributed by atoms with van der Waals surface area (Å²) in [6, 6.07) is 0. The van der Waals surface area contributed by atoms with Crippen LogP contribution in [0.4, 0.5) is 0 Å². The molecule has 0 aliphatic heterocycles. The fourth-order valence-corrected chi connectivity index (χ4v) is 2.68. The zero-order valence-electron chi connectivity index (χ0n) is 10.8. The van der Waals surface area contributed by atoms with Crippen molar-refractivity contribution in [1.29, 1.82) is 0 Å². The second kappa shape index (κ2) is 5.67. The molecule has 1 fully saturated rings. The predicted octanol–water partition coefficient (Wildman–Crippen LogP) is 4.06. The molecule has 1 rings (SSSR count). The third kappa shape index (κ3) is 3.96. The average molecular weight is 210 g/mol. The lowest BCUT2D eigenvalue weighted by molar-refractivity contribution is -0.124.